The maximum absolute atomic E-state index is 12.4. The average molecular weight is 266 g/mol. The summed E-state index contributed by atoms with van der Waals surface area (Å²) in [5.74, 6) is 2.61. The molecule has 2 rings (SSSR count). The third-order valence-electron chi connectivity index (χ3n) is 5.54. The van der Waals surface area contributed by atoms with Crippen LogP contribution in [0.3, 0.4) is 0 Å². The van der Waals surface area contributed by atoms with Crippen molar-refractivity contribution in [1.82, 2.24) is 10.2 Å². The number of nitrogens with zero attached hydrogens (tertiary/aromatic N) is 1. The lowest BCUT2D eigenvalue weighted by Gasteiger charge is -2.48. The molecule has 2 amide bonds. The van der Waals surface area contributed by atoms with Gasteiger partial charge in [0.05, 0.1) is 0 Å². The van der Waals surface area contributed by atoms with Crippen LogP contribution in [0.1, 0.15) is 40.0 Å². The first-order chi connectivity index (χ1) is 8.97. The number of amides is 2. The van der Waals surface area contributed by atoms with Crippen LogP contribution in [0.4, 0.5) is 0 Å². The molecule has 0 radical (unpaired) electrons. The van der Waals surface area contributed by atoms with Crippen LogP contribution in [0.15, 0.2) is 0 Å². The first kappa shape index (κ1) is 14.4. The van der Waals surface area contributed by atoms with Gasteiger partial charge >= 0.3 is 0 Å². The lowest BCUT2D eigenvalue weighted by molar-refractivity contribution is -0.141. The van der Waals surface area contributed by atoms with Gasteiger partial charge in [-0.25, -0.2) is 0 Å². The van der Waals surface area contributed by atoms with Gasteiger partial charge in [0, 0.05) is 20.0 Å². The second-order valence-corrected chi connectivity index (χ2v) is 6.30. The number of carbonyl (C=O) groups excluding carboxylic acids is 2. The third kappa shape index (κ3) is 2.49. The fraction of sp³-hybridized carbons (Fsp3) is 0.867. The van der Waals surface area contributed by atoms with Gasteiger partial charge in [0.25, 0.3) is 0 Å². The van der Waals surface area contributed by atoms with E-state index in [2.05, 4.69) is 26.1 Å². The molecule has 1 saturated heterocycles. The Morgan fingerprint density at radius 1 is 1.16 bits per heavy atom. The molecule has 2 aliphatic rings. The summed E-state index contributed by atoms with van der Waals surface area (Å²) in [5, 5.41) is 2.66. The molecule has 108 valence electrons. The van der Waals surface area contributed by atoms with E-state index >= 15 is 0 Å². The summed E-state index contributed by atoms with van der Waals surface area (Å²) < 4.78 is 0. The zero-order chi connectivity index (χ0) is 14.2. The van der Waals surface area contributed by atoms with Gasteiger partial charge in [0.2, 0.25) is 11.8 Å². The van der Waals surface area contributed by atoms with Crippen molar-refractivity contribution in [3.8, 4) is 0 Å². The van der Waals surface area contributed by atoms with E-state index in [0.29, 0.717) is 30.1 Å². The van der Waals surface area contributed by atoms with Gasteiger partial charge in [-0.15, -0.1) is 0 Å². The van der Waals surface area contributed by atoms with Crippen molar-refractivity contribution in [3.63, 3.8) is 0 Å². The molecule has 0 aromatic heterocycles. The van der Waals surface area contributed by atoms with Gasteiger partial charge in [-0.2, -0.15) is 0 Å². The van der Waals surface area contributed by atoms with Crippen molar-refractivity contribution in [2.24, 2.45) is 23.7 Å². The van der Waals surface area contributed by atoms with Crippen LogP contribution in [0.5, 0.6) is 0 Å². The first-order valence-corrected chi connectivity index (χ1v) is 7.48. The van der Waals surface area contributed by atoms with Crippen molar-refractivity contribution >= 4 is 11.8 Å². The number of hydrogen-bond donors (Lipinski definition) is 1. The maximum atomic E-state index is 12.4. The van der Waals surface area contributed by atoms with Gasteiger partial charge < -0.3 is 10.2 Å². The summed E-state index contributed by atoms with van der Waals surface area (Å²) in [6.07, 6.45) is 2.35. The quantitative estimate of drug-likeness (QED) is 0.844. The fourth-order valence-electron chi connectivity index (χ4n) is 3.79. The van der Waals surface area contributed by atoms with Gasteiger partial charge in [-0.1, -0.05) is 20.8 Å². The van der Waals surface area contributed by atoms with Crippen LogP contribution in [0.2, 0.25) is 0 Å². The Morgan fingerprint density at radius 2 is 1.79 bits per heavy atom. The topological polar surface area (TPSA) is 49.4 Å². The fourth-order valence-corrected chi connectivity index (χ4v) is 3.79. The van der Waals surface area contributed by atoms with E-state index in [0.717, 1.165) is 19.4 Å². The Bertz CT molecular complexity index is 359. The predicted octanol–water partition coefficient (Wildman–Crippen LogP) is 1.65. The highest BCUT2D eigenvalue weighted by Gasteiger charge is 2.44. The molecule has 1 N–H and O–H groups in total. The van der Waals surface area contributed by atoms with E-state index in [4.69, 9.17) is 0 Å². The SMILES string of the molecule is CNC(=O)[C@@H]1CCCN1C(=O)CC1C(C)C(C)C1C. The molecule has 1 aliphatic carbocycles. The summed E-state index contributed by atoms with van der Waals surface area (Å²) in [6.45, 7) is 7.48. The van der Waals surface area contributed by atoms with Crippen LogP contribution >= 0.6 is 0 Å². The molecule has 4 heteroatoms. The Hall–Kier alpha value is -1.06. The Kier molecular flexibility index (Phi) is 4.16. The maximum Gasteiger partial charge on any atom is 0.242 e. The largest absolute Gasteiger partial charge is 0.357 e. The molecule has 1 aliphatic heterocycles. The summed E-state index contributed by atoms with van der Waals surface area (Å²) in [7, 11) is 1.64. The normalized spacial score (nSPS) is 37.9. The van der Waals surface area contributed by atoms with Crippen LogP contribution in [-0.2, 0) is 9.59 Å². The molecular weight excluding hydrogens is 240 g/mol. The Labute approximate surface area is 115 Å². The van der Waals surface area contributed by atoms with Crippen LogP contribution in [0, 0.1) is 23.7 Å². The molecule has 0 bridgehead atoms. The number of rotatable bonds is 3. The standard InChI is InChI=1S/C15H26N2O2/c1-9-10(2)12(11(9)3)8-14(18)17-7-5-6-13(17)15(19)16-4/h9-13H,5-8H2,1-4H3,(H,16,19)/t9?,10?,11?,12?,13-/m0/s1. The first-order valence-electron chi connectivity index (χ1n) is 7.48. The van der Waals surface area contributed by atoms with E-state index in [1.54, 1.807) is 11.9 Å². The summed E-state index contributed by atoms with van der Waals surface area (Å²) in [6, 6.07) is -0.236. The monoisotopic (exact) mass is 266 g/mol. The molecule has 1 saturated carbocycles. The number of hydrogen-bond acceptors (Lipinski definition) is 2. The lowest BCUT2D eigenvalue weighted by atomic mass is 9.58. The van der Waals surface area contributed by atoms with Crippen molar-refractivity contribution in [2.75, 3.05) is 13.6 Å². The molecule has 0 aromatic carbocycles. The van der Waals surface area contributed by atoms with Gasteiger partial charge in [0.15, 0.2) is 0 Å². The molecule has 0 spiro atoms. The van der Waals surface area contributed by atoms with Gasteiger partial charge in [-0.05, 0) is 36.5 Å². The number of carbonyl (C=O) groups is 2. The molecule has 1 heterocycles. The molecule has 19 heavy (non-hydrogen) atoms. The van der Waals surface area contributed by atoms with E-state index in [-0.39, 0.29) is 17.9 Å². The van der Waals surface area contributed by atoms with E-state index in [1.807, 2.05) is 0 Å². The van der Waals surface area contributed by atoms with E-state index < -0.39 is 0 Å². The van der Waals surface area contributed by atoms with Crippen molar-refractivity contribution < 1.29 is 9.59 Å². The second kappa shape index (κ2) is 5.51. The molecule has 4 nitrogen and oxygen atoms in total. The molecule has 2 unspecified atom stereocenters. The highest BCUT2D eigenvalue weighted by atomic mass is 16.2. The number of likely N-dealkylation sites (tertiary alicyclic amines) is 1. The lowest BCUT2D eigenvalue weighted by Crippen LogP contribution is -2.48. The molecule has 3 atom stereocenters. The highest BCUT2D eigenvalue weighted by Crippen LogP contribution is 2.47. The second-order valence-electron chi connectivity index (χ2n) is 6.30. The van der Waals surface area contributed by atoms with Crippen LogP contribution < -0.4 is 5.32 Å². The van der Waals surface area contributed by atoms with Crippen LogP contribution in [0.25, 0.3) is 0 Å². The minimum absolute atomic E-state index is 0.0195. The molecular formula is C15H26N2O2. The molecule has 2 fully saturated rings. The van der Waals surface area contributed by atoms with Crippen LogP contribution in [-0.4, -0.2) is 36.3 Å². The van der Waals surface area contributed by atoms with Crippen molar-refractivity contribution in [1.29, 1.82) is 0 Å². The third-order valence-corrected chi connectivity index (χ3v) is 5.54. The number of nitrogens with one attached hydrogen (secondary N) is 1. The van der Waals surface area contributed by atoms with Gasteiger partial charge in [-0.3, -0.25) is 9.59 Å². The zero-order valence-electron chi connectivity index (χ0n) is 12.5. The number of likely N-dealkylation sites (N-methyl/N-ethyl adjacent to an activating group) is 1. The van der Waals surface area contributed by atoms with Crippen molar-refractivity contribution in [3.05, 3.63) is 0 Å². The predicted molar refractivity (Wildman–Crippen MR) is 74.4 cm³/mol. The smallest absolute Gasteiger partial charge is 0.242 e. The van der Waals surface area contributed by atoms with E-state index in [1.165, 1.54) is 0 Å². The summed E-state index contributed by atoms with van der Waals surface area (Å²) >= 11 is 0. The van der Waals surface area contributed by atoms with Gasteiger partial charge in [0.1, 0.15) is 6.04 Å². The molecule has 0 aromatic rings. The summed E-state index contributed by atoms with van der Waals surface area (Å²) in [5.41, 5.74) is 0. The highest BCUT2D eigenvalue weighted by molar-refractivity contribution is 5.88. The minimum Gasteiger partial charge on any atom is -0.357 e. The summed E-state index contributed by atoms with van der Waals surface area (Å²) in [4.78, 5) is 26.0. The Balaban J connectivity index is 1.94. The average Bonchev–Trinajstić information content (AvgIpc) is 2.91. The zero-order valence-corrected chi connectivity index (χ0v) is 12.5. The van der Waals surface area contributed by atoms with Crippen molar-refractivity contribution in [2.45, 2.75) is 46.1 Å². The minimum atomic E-state index is -0.236. The van der Waals surface area contributed by atoms with E-state index in [9.17, 15) is 9.59 Å². The Morgan fingerprint density at radius 3 is 2.37 bits per heavy atom.